The van der Waals surface area contributed by atoms with E-state index >= 15 is 0 Å². The largest absolute Gasteiger partial charge is 0.444 e. The number of amides is 1. The van der Waals surface area contributed by atoms with Crippen LogP contribution in [-0.4, -0.2) is 32.7 Å². The van der Waals surface area contributed by atoms with Gasteiger partial charge in [0.15, 0.2) is 0 Å². The number of rotatable bonds is 6. The van der Waals surface area contributed by atoms with E-state index in [4.69, 9.17) is 9.16 Å². The molecule has 0 saturated carbocycles. The molecule has 2 aromatic carbocycles. The van der Waals surface area contributed by atoms with Crippen LogP contribution >= 0.6 is 0 Å². The maximum Gasteiger partial charge on any atom is 0.407 e. The molecule has 0 aliphatic heterocycles. The van der Waals surface area contributed by atoms with Crippen molar-refractivity contribution >= 4 is 24.8 Å². The fourth-order valence-corrected chi connectivity index (χ4v) is 8.22. The van der Waals surface area contributed by atoms with Gasteiger partial charge in [0.25, 0.3) is 8.32 Å². The number of alkyl carbamates (subject to hydrolysis) is 1. The van der Waals surface area contributed by atoms with Crippen LogP contribution in [0.15, 0.2) is 60.7 Å². The van der Waals surface area contributed by atoms with E-state index in [1.54, 1.807) is 0 Å². The van der Waals surface area contributed by atoms with Crippen LogP contribution in [-0.2, 0) is 9.16 Å². The Morgan fingerprint density at radius 3 is 1.72 bits per heavy atom. The molecule has 2 rings (SSSR count). The number of nitrogens with one attached hydrogen (secondary N) is 1. The molecule has 0 bridgehead atoms. The summed E-state index contributed by atoms with van der Waals surface area (Å²) in [6.45, 7) is 14.7. The third-order valence-electron chi connectivity index (χ3n) is 4.73. The van der Waals surface area contributed by atoms with E-state index in [-0.39, 0.29) is 11.1 Å². The van der Waals surface area contributed by atoms with Crippen molar-refractivity contribution in [3.8, 4) is 0 Å². The van der Waals surface area contributed by atoms with Crippen LogP contribution in [0.5, 0.6) is 0 Å². The predicted molar refractivity (Wildman–Crippen MR) is 122 cm³/mol. The van der Waals surface area contributed by atoms with Gasteiger partial charge in [-0.05, 0) is 43.1 Å². The minimum absolute atomic E-state index is 0.0959. The standard InChI is InChI=1S/C24H35NO3Si/c1-19(25-22(26)28-23(2,3)4)18-27-29(24(5,6)7,20-14-10-8-11-15-20)21-16-12-9-13-17-21/h8-17,19H,18H2,1-7H3,(H,25,26)/t19-/m1/s1. The molecule has 29 heavy (non-hydrogen) atoms. The van der Waals surface area contributed by atoms with Gasteiger partial charge in [-0.15, -0.1) is 0 Å². The Morgan fingerprint density at radius 2 is 1.34 bits per heavy atom. The Bertz CT molecular complexity index is 740. The molecule has 0 aliphatic carbocycles. The first-order valence-electron chi connectivity index (χ1n) is 10.2. The van der Waals surface area contributed by atoms with Gasteiger partial charge in [-0.3, -0.25) is 0 Å². The first-order valence-corrected chi connectivity index (χ1v) is 12.1. The number of ether oxygens (including phenoxy) is 1. The van der Waals surface area contributed by atoms with E-state index in [9.17, 15) is 4.79 Å². The van der Waals surface area contributed by atoms with Crippen molar-refractivity contribution in [3.05, 3.63) is 60.7 Å². The van der Waals surface area contributed by atoms with Crippen molar-refractivity contribution in [2.24, 2.45) is 0 Å². The second kappa shape index (κ2) is 9.14. The zero-order valence-electron chi connectivity index (χ0n) is 18.8. The zero-order chi connectivity index (χ0) is 21.7. The summed E-state index contributed by atoms with van der Waals surface area (Å²) in [4.78, 5) is 12.2. The topological polar surface area (TPSA) is 47.6 Å². The van der Waals surface area contributed by atoms with Crippen molar-refractivity contribution in [1.29, 1.82) is 0 Å². The van der Waals surface area contributed by atoms with Crippen LogP contribution in [0.3, 0.4) is 0 Å². The molecular formula is C24H35NO3Si. The van der Waals surface area contributed by atoms with E-state index in [0.717, 1.165) is 0 Å². The van der Waals surface area contributed by atoms with Crippen LogP contribution in [0.25, 0.3) is 0 Å². The molecule has 5 heteroatoms. The lowest BCUT2D eigenvalue weighted by molar-refractivity contribution is 0.0492. The SMILES string of the molecule is C[C@H](CO[Si](c1ccccc1)(c1ccccc1)C(C)(C)C)NC(=O)OC(C)(C)C. The Hall–Kier alpha value is -2.11. The first kappa shape index (κ1) is 23.2. The van der Waals surface area contributed by atoms with Crippen LogP contribution < -0.4 is 15.7 Å². The first-order chi connectivity index (χ1) is 13.5. The summed E-state index contributed by atoms with van der Waals surface area (Å²) in [5.41, 5.74) is -0.525. The van der Waals surface area contributed by atoms with E-state index in [1.807, 2.05) is 39.8 Å². The highest BCUT2D eigenvalue weighted by molar-refractivity contribution is 6.99. The summed E-state index contributed by atoms with van der Waals surface area (Å²) in [7, 11) is -2.60. The Kier molecular flexibility index (Phi) is 7.30. The number of benzene rings is 2. The van der Waals surface area contributed by atoms with Gasteiger partial charge in [-0.2, -0.15) is 0 Å². The molecule has 0 aromatic heterocycles. The fraction of sp³-hybridized carbons (Fsp3) is 0.458. The van der Waals surface area contributed by atoms with Crippen molar-refractivity contribution in [2.45, 2.75) is 65.1 Å². The number of hydrogen-bond donors (Lipinski definition) is 1. The molecule has 158 valence electrons. The monoisotopic (exact) mass is 413 g/mol. The third-order valence-corrected chi connectivity index (χ3v) is 9.73. The molecule has 0 aliphatic rings. The number of carbonyl (C=O) groups is 1. The molecule has 0 heterocycles. The second-order valence-electron chi connectivity index (χ2n) is 9.52. The van der Waals surface area contributed by atoms with Crippen molar-refractivity contribution in [1.82, 2.24) is 5.32 Å². The highest BCUT2D eigenvalue weighted by Gasteiger charge is 2.50. The summed E-state index contributed by atoms with van der Waals surface area (Å²) < 4.78 is 12.2. The minimum Gasteiger partial charge on any atom is -0.444 e. The average Bonchev–Trinajstić information content (AvgIpc) is 2.61. The van der Waals surface area contributed by atoms with Gasteiger partial charge in [-0.1, -0.05) is 81.4 Å². The van der Waals surface area contributed by atoms with Gasteiger partial charge in [-0.25, -0.2) is 4.79 Å². The van der Waals surface area contributed by atoms with Crippen LogP contribution in [0.4, 0.5) is 4.79 Å². The number of hydrogen-bond acceptors (Lipinski definition) is 3. The van der Waals surface area contributed by atoms with Crippen LogP contribution in [0.1, 0.15) is 48.5 Å². The molecule has 1 amide bonds. The van der Waals surface area contributed by atoms with Gasteiger partial charge in [0.1, 0.15) is 5.60 Å². The smallest absolute Gasteiger partial charge is 0.407 e. The molecule has 1 N–H and O–H groups in total. The highest BCUT2D eigenvalue weighted by Crippen LogP contribution is 2.36. The molecule has 0 spiro atoms. The van der Waals surface area contributed by atoms with Gasteiger partial charge in [0, 0.05) is 0 Å². The summed E-state index contributed by atoms with van der Waals surface area (Å²) in [5, 5.41) is 5.25. The van der Waals surface area contributed by atoms with Gasteiger partial charge < -0.3 is 14.5 Å². The molecule has 1 atom stereocenters. The Balaban J connectivity index is 2.33. The van der Waals surface area contributed by atoms with E-state index in [0.29, 0.717) is 6.61 Å². The van der Waals surface area contributed by atoms with E-state index < -0.39 is 20.0 Å². The molecule has 0 radical (unpaired) electrons. The Morgan fingerprint density at radius 1 is 0.897 bits per heavy atom. The third kappa shape index (κ3) is 5.94. The fourth-order valence-electron chi connectivity index (χ4n) is 3.56. The molecule has 0 unspecified atom stereocenters. The molecule has 0 fully saturated rings. The van der Waals surface area contributed by atoms with Gasteiger partial charge in [0.2, 0.25) is 0 Å². The molecular weight excluding hydrogens is 378 g/mol. The van der Waals surface area contributed by atoms with Crippen molar-refractivity contribution in [3.63, 3.8) is 0 Å². The lowest BCUT2D eigenvalue weighted by Crippen LogP contribution is -2.67. The molecule has 2 aromatic rings. The Labute approximate surface area is 176 Å². The maximum absolute atomic E-state index is 12.2. The summed E-state index contributed by atoms with van der Waals surface area (Å²) in [6.07, 6.45) is -0.420. The average molecular weight is 414 g/mol. The summed E-state index contributed by atoms with van der Waals surface area (Å²) in [5.74, 6) is 0. The minimum atomic E-state index is -2.60. The normalized spacial score (nSPS) is 13.6. The molecule has 0 saturated heterocycles. The van der Waals surface area contributed by atoms with Crippen molar-refractivity contribution in [2.75, 3.05) is 6.61 Å². The van der Waals surface area contributed by atoms with E-state index in [2.05, 4.69) is 74.6 Å². The lowest BCUT2D eigenvalue weighted by Gasteiger charge is -2.43. The molecule has 4 nitrogen and oxygen atoms in total. The van der Waals surface area contributed by atoms with Crippen LogP contribution in [0, 0.1) is 0 Å². The quantitative estimate of drug-likeness (QED) is 0.711. The zero-order valence-corrected chi connectivity index (χ0v) is 19.8. The van der Waals surface area contributed by atoms with Crippen LogP contribution in [0.2, 0.25) is 5.04 Å². The van der Waals surface area contributed by atoms with Crippen molar-refractivity contribution < 1.29 is 14.0 Å². The summed E-state index contributed by atoms with van der Waals surface area (Å²) >= 11 is 0. The number of carbonyl (C=O) groups excluding carboxylic acids is 1. The lowest BCUT2D eigenvalue weighted by atomic mass is 10.2. The summed E-state index contributed by atoms with van der Waals surface area (Å²) in [6, 6.07) is 20.8. The van der Waals surface area contributed by atoms with Gasteiger partial charge >= 0.3 is 6.09 Å². The second-order valence-corrected chi connectivity index (χ2v) is 13.8. The predicted octanol–water partition coefficient (Wildman–Crippen LogP) is 4.48. The highest BCUT2D eigenvalue weighted by atomic mass is 28.4. The van der Waals surface area contributed by atoms with Gasteiger partial charge in [0.05, 0.1) is 12.6 Å². The maximum atomic E-state index is 12.2. The van der Waals surface area contributed by atoms with E-state index in [1.165, 1.54) is 10.4 Å².